The third-order valence-electron chi connectivity index (χ3n) is 6.05. The van der Waals surface area contributed by atoms with Crippen molar-refractivity contribution in [2.24, 2.45) is 0 Å². The molecule has 1 aromatic heterocycles. The third-order valence-corrected chi connectivity index (χ3v) is 7.26. The average Bonchev–Trinajstić information content (AvgIpc) is 3.41. The number of aromatic hydroxyl groups is 1. The summed E-state index contributed by atoms with van der Waals surface area (Å²) in [5.74, 6) is -1.70. The maximum absolute atomic E-state index is 14.0. The fourth-order valence-corrected chi connectivity index (χ4v) is 5.40. The highest BCUT2D eigenvalue weighted by atomic mass is 32.1. The van der Waals surface area contributed by atoms with Crippen LogP contribution in [0.15, 0.2) is 90.2 Å². The lowest BCUT2D eigenvalue weighted by molar-refractivity contribution is -0.117. The van der Waals surface area contributed by atoms with Crippen LogP contribution in [0.3, 0.4) is 0 Å². The number of carbonyl (C=O) groups is 2. The summed E-state index contributed by atoms with van der Waals surface area (Å²) in [7, 11) is 1.49. The highest BCUT2D eigenvalue weighted by Crippen LogP contribution is 2.47. The van der Waals surface area contributed by atoms with Crippen molar-refractivity contribution in [1.82, 2.24) is 4.98 Å². The molecule has 2 N–H and O–H groups in total. The smallest absolute Gasteiger partial charge is 0.294 e. The molecule has 0 radical (unpaired) electrons. The van der Waals surface area contributed by atoms with Crippen LogP contribution in [0.2, 0.25) is 0 Å². The number of aromatic nitrogens is 1. The fraction of sp³-hybridized carbons (Fsp3) is 0.107. The van der Waals surface area contributed by atoms with Crippen LogP contribution in [0.25, 0.3) is 10.6 Å². The number of carbonyl (C=O) groups excluding carboxylic acids is 2. The highest BCUT2D eigenvalue weighted by Gasteiger charge is 2.47. The van der Waals surface area contributed by atoms with E-state index in [0.29, 0.717) is 26.9 Å². The van der Waals surface area contributed by atoms with Gasteiger partial charge >= 0.3 is 0 Å². The molecule has 1 aliphatic rings. The van der Waals surface area contributed by atoms with Gasteiger partial charge in [-0.2, -0.15) is 0 Å². The largest absolute Gasteiger partial charge is 0.506 e. The minimum Gasteiger partial charge on any atom is -0.506 e. The zero-order valence-electron chi connectivity index (χ0n) is 19.5. The molecule has 1 amide bonds. The maximum Gasteiger partial charge on any atom is 0.294 e. The topological polar surface area (TPSA) is 100.0 Å². The zero-order valence-corrected chi connectivity index (χ0v) is 20.3. The van der Waals surface area contributed by atoms with Gasteiger partial charge in [0, 0.05) is 11.1 Å². The minimum atomic E-state index is -1.03. The van der Waals surface area contributed by atoms with Crippen molar-refractivity contribution < 1.29 is 24.5 Å². The van der Waals surface area contributed by atoms with Gasteiger partial charge in [0.1, 0.15) is 16.5 Å². The molecule has 0 fully saturated rings. The number of amides is 1. The number of aryl methyl sites for hydroxylation is 1. The van der Waals surface area contributed by atoms with Gasteiger partial charge in [0.05, 0.1) is 35.0 Å². The predicted molar refractivity (Wildman–Crippen MR) is 138 cm³/mol. The summed E-state index contributed by atoms with van der Waals surface area (Å²) in [4.78, 5) is 33.5. The van der Waals surface area contributed by atoms with Gasteiger partial charge in [0.25, 0.3) is 5.91 Å². The van der Waals surface area contributed by atoms with E-state index in [1.165, 1.54) is 29.4 Å². The summed E-state index contributed by atoms with van der Waals surface area (Å²) in [5, 5.41) is 22.3. The van der Waals surface area contributed by atoms with Crippen molar-refractivity contribution in [3.8, 4) is 22.1 Å². The van der Waals surface area contributed by atoms with Crippen molar-refractivity contribution in [3.05, 3.63) is 106 Å². The Morgan fingerprint density at radius 2 is 1.64 bits per heavy atom. The number of phenols is 1. The molecule has 3 aromatic carbocycles. The summed E-state index contributed by atoms with van der Waals surface area (Å²) >= 11 is 1.20. The van der Waals surface area contributed by atoms with Gasteiger partial charge in [0.2, 0.25) is 5.78 Å². The number of anilines is 1. The van der Waals surface area contributed by atoms with E-state index in [1.54, 1.807) is 49.4 Å². The van der Waals surface area contributed by atoms with Crippen molar-refractivity contribution in [1.29, 1.82) is 0 Å². The Kier molecular flexibility index (Phi) is 6.03. The first kappa shape index (κ1) is 23.3. The number of Topliss-reactive ketones (excluding diaryl/α,β-unsaturated/α-hetero) is 1. The lowest BCUT2D eigenvalue weighted by atomic mass is 9.94. The number of thiazole rings is 1. The second-order valence-corrected chi connectivity index (χ2v) is 9.20. The van der Waals surface area contributed by atoms with Crippen molar-refractivity contribution in [3.63, 3.8) is 0 Å². The zero-order chi connectivity index (χ0) is 25.4. The number of rotatable bonds is 6. The van der Waals surface area contributed by atoms with E-state index in [2.05, 4.69) is 4.98 Å². The van der Waals surface area contributed by atoms with Crippen LogP contribution < -0.4 is 9.64 Å². The Morgan fingerprint density at radius 3 is 2.36 bits per heavy atom. The van der Waals surface area contributed by atoms with E-state index in [4.69, 9.17) is 4.74 Å². The number of benzene rings is 3. The molecular weight excluding hydrogens is 476 g/mol. The van der Waals surface area contributed by atoms with E-state index >= 15 is 0 Å². The Morgan fingerprint density at radius 1 is 0.972 bits per heavy atom. The Labute approximate surface area is 211 Å². The molecule has 2 heterocycles. The molecule has 0 saturated heterocycles. The van der Waals surface area contributed by atoms with E-state index in [0.717, 1.165) is 5.56 Å². The number of aliphatic hydroxyl groups is 1. The van der Waals surface area contributed by atoms with E-state index < -0.39 is 23.5 Å². The molecule has 1 aliphatic heterocycles. The quantitative estimate of drug-likeness (QED) is 0.335. The van der Waals surface area contributed by atoms with Crippen LogP contribution in [-0.4, -0.2) is 34.0 Å². The Bertz CT molecular complexity index is 1510. The summed E-state index contributed by atoms with van der Waals surface area (Å²) < 4.78 is 5.54. The summed E-state index contributed by atoms with van der Waals surface area (Å²) in [6, 6.07) is 21.7. The number of hydrogen-bond donors (Lipinski definition) is 2. The summed E-state index contributed by atoms with van der Waals surface area (Å²) in [6.07, 6.45) is 0. The normalized spacial score (nSPS) is 15.4. The SMILES string of the molecule is COc1ccccc1C1C(C(=O)c2sc(-c3ccccc3)nc2C)=C(O)C(=O)N1c1ccccc1O. The monoisotopic (exact) mass is 498 g/mol. The number of phenolic OH excluding ortho intramolecular Hbond substituents is 1. The molecule has 1 atom stereocenters. The maximum atomic E-state index is 14.0. The molecule has 7 nitrogen and oxygen atoms in total. The number of hydrogen-bond acceptors (Lipinski definition) is 7. The van der Waals surface area contributed by atoms with Crippen LogP contribution >= 0.6 is 11.3 Å². The Hall–Kier alpha value is -4.43. The van der Waals surface area contributed by atoms with Gasteiger partial charge in [-0.05, 0) is 25.1 Å². The van der Waals surface area contributed by atoms with Gasteiger partial charge in [0.15, 0.2) is 5.76 Å². The second kappa shape index (κ2) is 9.31. The molecule has 1 unspecified atom stereocenters. The molecule has 5 rings (SSSR count). The first-order valence-electron chi connectivity index (χ1n) is 11.2. The van der Waals surface area contributed by atoms with Gasteiger partial charge in [-0.25, -0.2) is 4.98 Å². The van der Waals surface area contributed by atoms with Crippen molar-refractivity contribution in [2.75, 3.05) is 12.0 Å². The molecule has 4 aromatic rings. The molecule has 8 heteroatoms. The van der Waals surface area contributed by atoms with Crippen LogP contribution in [0, 0.1) is 6.92 Å². The van der Waals surface area contributed by atoms with E-state index in [1.807, 2.05) is 30.3 Å². The summed E-state index contributed by atoms with van der Waals surface area (Å²) in [5.41, 5.74) is 1.92. The third kappa shape index (κ3) is 3.81. The van der Waals surface area contributed by atoms with E-state index in [-0.39, 0.29) is 17.0 Å². The number of ketones is 1. The number of para-hydroxylation sites is 3. The van der Waals surface area contributed by atoms with Crippen LogP contribution in [0.5, 0.6) is 11.5 Å². The molecule has 0 bridgehead atoms. The van der Waals surface area contributed by atoms with Crippen LogP contribution in [0.4, 0.5) is 5.69 Å². The number of methoxy groups -OCH3 is 1. The van der Waals surface area contributed by atoms with E-state index in [9.17, 15) is 19.8 Å². The lowest BCUT2D eigenvalue weighted by Gasteiger charge is -2.28. The highest BCUT2D eigenvalue weighted by molar-refractivity contribution is 7.17. The fourth-order valence-electron chi connectivity index (χ4n) is 4.37. The lowest BCUT2D eigenvalue weighted by Crippen LogP contribution is -2.31. The molecule has 0 spiro atoms. The molecule has 0 aliphatic carbocycles. The van der Waals surface area contributed by atoms with Crippen LogP contribution in [-0.2, 0) is 4.79 Å². The van der Waals surface area contributed by atoms with Gasteiger partial charge in [-0.3, -0.25) is 14.5 Å². The summed E-state index contributed by atoms with van der Waals surface area (Å²) in [6.45, 7) is 1.73. The van der Waals surface area contributed by atoms with Crippen molar-refractivity contribution in [2.45, 2.75) is 13.0 Å². The molecule has 0 saturated carbocycles. The Balaban J connectivity index is 1.68. The number of aliphatic hydroxyl groups excluding tert-OH is 1. The van der Waals surface area contributed by atoms with Gasteiger partial charge in [-0.15, -0.1) is 11.3 Å². The first-order valence-corrected chi connectivity index (χ1v) is 12.0. The van der Waals surface area contributed by atoms with Gasteiger partial charge < -0.3 is 14.9 Å². The molecular formula is C28H22N2O5S. The predicted octanol–water partition coefficient (Wildman–Crippen LogP) is 5.62. The second-order valence-electron chi connectivity index (χ2n) is 8.20. The van der Waals surface area contributed by atoms with Crippen LogP contribution in [0.1, 0.15) is 27.0 Å². The first-order chi connectivity index (χ1) is 17.4. The van der Waals surface area contributed by atoms with Gasteiger partial charge in [-0.1, -0.05) is 60.7 Å². The molecule has 180 valence electrons. The number of ether oxygens (including phenoxy) is 1. The molecule has 36 heavy (non-hydrogen) atoms. The minimum absolute atomic E-state index is 0.0980. The standard InChI is InChI=1S/C28H22N2O5S/c1-16-26(36-27(29-16)17-10-4-3-5-11-17)24(32)22-23(18-12-6-9-15-21(18)35-2)30(28(34)25(22)33)19-13-7-8-14-20(19)31/h3-15,23,31,33H,1-2H3. The number of nitrogens with zero attached hydrogens (tertiary/aromatic N) is 2. The average molecular weight is 499 g/mol. The van der Waals surface area contributed by atoms with Crippen molar-refractivity contribution >= 4 is 28.7 Å².